The summed E-state index contributed by atoms with van der Waals surface area (Å²) in [5.41, 5.74) is 3.86. The molecule has 0 bridgehead atoms. The topological polar surface area (TPSA) is 44.9 Å². The molecule has 1 aliphatic rings. The van der Waals surface area contributed by atoms with Gasteiger partial charge in [-0.1, -0.05) is 51.1 Å². The molecule has 0 saturated carbocycles. The van der Waals surface area contributed by atoms with Gasteiger partial charge in [-0.25, -0.2) is 4.68 Å². The number of hydrogen-bond acceptors (Lipinski definition) is 3. The van der Waals surface area contributed by atoms with E-state index in [0.717, 1.165) is 49.1 Å². The Hall–Kier alpha value is -2.64. The summed E-state index contributed by atoms with van der Waals surface area (Å²) in [6, 6.07) is 19.5. The van der Waals surface area contributed by atoms with E-state index in [4.69, 9.17) is 0 Å². The summed E-state index contributed by atoms with van der Waals surface area (Å²) in [5.74, 6) is 0. The highest BCUT2D eigenvalue weighted by Gasteiger charge is 2.43. The number of para-hydroxylation sites is 1. The van der Waals surface area contributed by atoms with E-state index in [2.05, 4.69) is 79.3 Å². The Balaban J connectivity index is 1.43. The van der Waals surface area contributed by atoms with E-state index < -0.39 is 0 Å². The number of likely N-dealkylation sites (tertiary alicyclic amines) is 1. The summed E-state index contributed by atoms with van der Waals surface area (Å²) in [5, 5.41) is 15.1. The minimum absolute atomic E-state index is 0.142. The number of nitriles is 1. The molecule has 0 unspecified atom stereocenters. The Morgan fingerprint density at radius 2 is 1.72 bits per heavy atom. The molecule has 4 nitrogen and oxygen atoms in total. The Labute approximate surface area is 173 Å². The molecule has 150 valence electrons. The number of hydrogen-bond donors (Lipinski definition) is 0. The number of rotatable bonds is 4. The van der Waals surface area contributed by atoms with Crippen molar-refractivity contribution >= 4 is 10.9 Å². The fourth-order valence-electron chi connectivity index (χ4n) is 4.66. The first kappa shape index (κ1) is 19.7. The summed E-state index contributed by atoms with van der Waals surface area (Å²) in [6.45, 7) is 9.95. The van der Waals surface area contributed by atoms with E-state index in [1.807, 2.05) is 16.9 Å². The van der Waals surface area contributed by atoms with Crippen molar-refractivity contribution in [2.45, 2.75) is 46.6 Å². The molecule has 2 heterocycles. The molecule has 0 N–H and O–H groups in total. The van der Waals surface area contributed by atoms with Crippen molar-refractivity contribution in [2.24, 2.45) is 10.8 Å². The maximum atomic E-state index is 9.35. The molecular weight excluding hydrogens is 356 g/mol. The third-order valence-corrected chi connectivity index (χ3v) is 6.89. The summed E-state index contributed by atoms with van der Waals surface area (Å²) in [4.78, 5) is 2.53. The predicted molar refractivity (Wildman–Crippen MR) is 118 cm³/mol. The van der Waals surface area contributed by atoms with Gasteiger partial charge in [0.05, 0.1) is 23.5 Å². The lowest BCUT2D eigenvalue weighted by atomic mass is 9.60. The number of fused-ring (bicyclic) bond motifs is 1. The Kier molecular flexibility index (Phi) is 5.19. The van der Waals surface area contributed by atoms with Crippen molar-refractivity contribution in [2.75, 3.05) is 13.1 Å². The average Bonchev–Trinajstić information content (AvgIpc) is 3.14. The lowest BCUT2D eigenvalue weighted by Crippen LogP contribution is -2.46. The van der Waals surface area contributed by atoms with Gasteiger partial charge in [-0.05, 0) is 60.5 Å². The largest absolute Gasteiger partial charge is 0.299 e. The SMILES string of the molecule is CC(C)(C)C1(CC#N)CCN(Cc2ccc(-n3ncc4ccccc43)cc2)CC1. The van der Waals surface area contributed by atoms with Crippen molar-refractivity contribution in [1.82, 2.24) is 14.7 Å². The zero-order valence-electron chi connectivity index (χ0n) is 17.7. The Morgan fingerprint density at radius 1 is 1.03 bits per heavy atom. The summed E-state index contributed by atoms with van der Waals surface area (Å²) in [7, 11) is 0. The molecule has 0 spiro atoms. The van der Waals surface area contributed by atoms with Gasteiger partial charge in [-0.2, -0.15) is 10.4 Å². The maximum Gasteiger partial charge on any atom is 0.0741 e. The first-order chi connectivity index (χ1) is 13.9. The third kappa shape index (κ3) is 3.80. The second kappa shape index (κ2) is 7.65. The first-order valence-electron chi connectivity index (χ1n) is 10.5. The lowest BCUT2D eigenvalue weighted by Gasteiger charge is -2.49. The van der Waals surface area contributed by atoms with Crippen LogP contribution < -0.4 is 0 Å². The van der Waals surface area contributed by atoms with E-state index in [1.54, 1.807) is 0 Å². The molecule has 0 aliphatic carbocycles. The molecule has 1 saturated heterocycles. The molecule has 2 aromatic carbocycles. The second-order valence-electron chi connectivity index (χ2n) is 9.42. The highest BCUT2D eigenvalue weighted by molar-refractivity contribution is 5.80. The van der Waals surface area contributed by atoms with E-state index >= 15 is 0 Å². The standard InChI is InChI=1S/C25H30N4/c1-24(2,3)25(12-15-26)13-16-28(17-14-25)19-20-8-10-22(11-9-20)29-23-7-5-4-6-21(23)18-27-29/h4-11,18H,12-14,16-17,19H2,1-3H3. The number of benzene rings is 2. The van der Waals surface area contributed by atoms with Crippen LogP contribution in [-0.4, -0.2) is 27.8 Å². The van der Waals surface area contributed by atoms with Crippen LogP contribution in [0.15, 0.2) is 54.7 Å². The predicted octanol–water partition coefficient (Wildman–Crippen LogP) is 5.57. The number of nitrogens with zero attached hydrogens (tertiary/aromatic N) is 4. The van der Waals surface area contributed by atoms with Gasteiger partial charge >= 0.3 is 0 Å². The normalized spacial score (nSPS) is 17.3. The van der Waals surface area contributed by atoms with Gasteiger partial charge in [0.15, 0.2) is 0 Å². The molecule has 4 heteroatoms. The molecule has 0 radical (unpaired) electrons. The second-order valence-corrected chi connectivity index (χ2v) is 9.42. The van der Waals surface area contributed by atoms with Gasteiger partial charge in [-0.3, -0.25) is 4.90 Å². The Bertz CT molecular complexity index is 1010. The number of piperidine rings is 1. The van der Waals surface area contributed by atoms with Crippen molar-refractivity contribution < 1.29 is 0 Å². The van der Waals surface area contributed by atoms with E-state index in [1.165, 1.54) is 5.56 Å². The van der Waals surface area contributed by atoms with Crippen LogP contribution in [0.5, 0.6) is 0 Å². The maximum absolute atomic E-state index is 9.35. The van der Waals surface area contributed by atoms with E-state index in [-0.39, 0.29) is 10.8 Å². The van der Waals surface area contributed by atoms with Crippen LogP contribution in [0.3, 0.4) is 0 Å². The van der Waals surface area contributed by atoms with Gasteiger partial charge in [0, 0.05) is 18.4 Å². The minimum Gasteiger partial charge on any atom is -0.299 e. The molecule has 1 aliphatic heterocycles. The van der Waals surface area contributed by atoms with Gasteiger partial charge in [0.1, 0.15) is 0 Å². The van der Waals surface area contributed by atoms with Crippen LogP contribution in [0.25, 0.3) is 16.6 Å². The smallest absolute Gasteiger partial charge is 0.0741 e. The fourth-order valence-corrected chi connectivity index (χ4v) is 4.66. The van der Waals surface area contributed by atoms with Gasteiger partial charge in [0.2, 0.25) is 0 Å². The zero-order chi connectivity index (χ0) is 20.5. The van der Waals surface area contributed by atoms with Crippen molar-refractivity contribution in [3.63, 3.8) is 0 Å². The first-order valence-corrected chi connectivity index (χ1v) is 10.5. The van der Waals surface area contributed by atoms with Gasteiger partial charge < -0.3 is 0 Å². The highest BCUT2D eigenvalue weighted by atomic mass is 15.3. The van der Waals surface area contributed by atoms with Crippen LogP contribution >= 0.6 is 0 Å². The quantitative estimate of drug-likeness (QED) is 0.589. The molecule has 1 aromatic heterocycles. The van der Waals surface area contributed by atoms with Crippen molar-refractivity contribution in [1.29, 1.82) is 5.26 Å². The third-order valence-electron chi connectivity index (χ3n) is 6.89. The van der Waals surface area contributed by atoms with Crippen LogP contribution in [0.4, 0.5) is 0 Å². The molecule has 0 amide bonds. The van der Waals surface area contributed by atoms with Crippen LogP contribution in [0.2, 0.25) is 0 Å². The monoisotopic (exact) mass is 386 g/mol. The van der Waals surface area contributed by atoms with Crippen LogP contribution in [0.1, 0.15) is 45.6 Å². The van der Waals surface area contributed by atoms with Crippen molar-refractivity contribution in [3.8, 4) is 11.8 Å². The van der Waals surface area contributed by atoms with Crippen LogP contribution in [-0.2, 0) is 6.54 Å². The molecule has 3 aromatic rings. The minimum atomic E-state index is 0.142. The average molecular weight is 387 g/mol. The Morgan fingerprint density at radius 3 is 2.38 bits per heavy atom. The fraction of sp³-hybridized carbons (Fsp3) is 0.440. The van der Waals surface area contributed by atoms with E-state index in [0.29, 0.717) is 6.42 Å². The number of aromatic nitrogens is 2. The molecule has 29 heavy (non-hydrogen) atoms. The molecule has 0 atom stereocenters. The van der Waals surface area contributed by atoms with Gasteiger partial charge in [-0.15, -0.1) is 0 Å². The van der Waals surface area contributed by atoms with Crippen LogP contribution in [0, 0.1) is 22.2 Å². The van der Waals surface area contributed by atoms with E-state index in [9.17, 15) is 5.26 Å². The zero-order valence-corrected chi connectivity index (χ0v) is 17.7. The molecule has 1 fully saturated rings. The summed E-state index contributed by atoms with van der Waals surface area (Å²) >= 11 is 0. The van der Waals surface area contributed by atoms with Gasteiger partial charge in [0.25, 0.3) is 0 Å². The lowest BCUT2D eigenvalue weighted by molar-refractivity contribution is 0.00711. The molecular formula is C25H30N4. The summed E-state index contributed by atoms with van der Waals surface area (Å²) in [6.07, 6.45) is 4.78. The molecule has 4 rings (SSSR count). The summed E-state index contributed by atoms with van der Waals surface area (Å²) < 4.78 is 2.00. The highest BCUT2D eigenvalue weighted by Crippen LogP contribution is 2.49. The van der Waals surface area contributed by atoms with Crippen molar-refractivity contribution in [3.05, 3.63) is 60.3 Å².